The third kappa shape index (κ3) is 3.51. The molecule has 72 valence electrons. The van der Waals surface area contributed by atoms with Gasteiger partial charge in [0.2, 0.25) is 0 Å². The first-order valence-electron chi connectivity index (χ1n) is 4.34. The van der Waals surface area contributed by atoms with Gasteiger partial charge in [-0.2, -0.15) is 0 Å². The average Bonchev–Trinajstić information content (AvgIpc) is 2.58. The molecule has 0 fully saturated rings. The fourth-order valence-corrected chi connectivity index (χ4v) is 2.13. The van der Waals surface area contributed by atoms with E-state index in [1.54, 1.807) is 11.3 Å². The van der Waals surface area contributed by atoms with E-state index in [4.69, 9.17) is 11.6 Å². The van der Waals surface area contributed by atoms with Crippen LogP contribution in [0.2, 0.25) is 0 Å². The summed E-state index contributed by atoms with van der Waals surface area (Å²) in [6, 6.07) is 4.62. The second-order valence-corrected chi connectivity index (χ2v) is 4.39. The molecule has 1 rings (SSSR count). The Morgan fingerprint density at radius 2 is 2.54 bits per heavy atom. The van der Waals surface area contributed by atoms with E-state index in [0.29, 0.717) is 17.6 Å². The zero-order valence-corrected chi connectivity index (χ0v) is 9.29. The maximum absolute atomic E-state index is 5.69. The highest BCUT2D eigenvalue weighted by atomic mass is 35.5. The maximum atomic E-state index is 5.69. The van der Waals surface area contributed by atoms with Crippen molar-refractivity contribution in [1.29, 1.82) is 0 Å². The van der Waals surface area contributed by atoms with Crippen LogP contribution in [0.5, 0.6) is 0 Å². The van der Waals surface area contributed by atoms with Gasteiger partial charge in [0.25, 0.3) is 0 Å². The van der Waals surface area contributed by atoms with Crippen molar-refractivity contribution in [1.82, 2.24) is 5.32 Å². The zero-order valence-electron chi connectivity index (χ0n) is 7.72. The monoisotopic (exact) mass is 215 g/mol. The van der Waals surface area contributed by atoms with Crippen molar-refractivity contribution >= 4 is 22.9 Å². The van der Waals surface area contributed by atoms with Crippen molar-refractivity contribution < 1.29 is 0 Å². The topological polar surface area (TPSA) is 12.0 Å². The quantitative estimate of drug-likeness (QED) is 0.793. The van der Waals surface area contributed by atoms with Crippen molar-refractivity contribution in [2.75, 3.05) is 6.54 Å². The molecule has 0 aromatic carbocycles. The number of rotatable bonds is 5. The zero-order chi connectivity index (χ0) is 9.68. The number of halogens is 1. The molecule has 0 aliphatic carbocycles. The average molecular weight is 216 g/mol. The van der Waals surface area contributed by atoms with Gasteiger partial charge in [-0.05, 0) is 17.9 Å². The molecule has 0 aliphatic heterocycles. The van der Waals surface area contributed by atoms with Gasteiger partial charge in [-0.1, -0.05) is 31.2 Å². The number of thiophene rings is 1. The molecule has 0 spiro atoms. The van der Waals surface area contributed by atoms with E-state index in [1.165, 1.54) is 4.88 Å². The van der Waals surface area contributed by atoms with Crippen LogP contribution in [0.4, 0.5) is 0 Å². The lowest BCUT2D eigenvalue weighted by Crippen LogP contribution is -2.20. The van der Waals surface area contributed by atoms with Crippen molar-refractivity contribution in [2.24, 2.45) is 0 Å². The highest BCUT2D eigenvalue weighted by molar-refractivity contribution is 7.10. The van der Waals surface area contributed by atoms with Gasteiger partial charge in [-0.15, -0.1) is 11.3 Å². The molecule has 1 nitrogen and oxygen atoms in total. The van der Waals surface area contributed by atoms with Crippen LogP contribution in [-0.2, 0) is 0 Å². The molecule has 1 aromatic rings. The standard InChI is InChI=1S/C10H14ClNS/c1-3-9(12-7-8(2)11)10-5-4-6-13-10/h4-6,9,12H,2-3,7H2,1H3. The highest BCUT2D eigenvalue weighted by Crippen LogP contribution is 2.21. The molecular formula is C10H14ClNS. The largest absolute Gasteiger partial charge is 0.304 e. The number of hydrogen-bond acceptors (Lipinski definition) is 2. The first-order valence-corrected chi connectivity index (χ1v) is 5.60. The summed E-state index contributed by atoms with van der Waals surface area (Å²) in [5.41, 5.74) is 0. The smallest absolute Gasteiger partial charge is 0.0415 e. The van der Waals surface area contributed by atoms with Gasteiger partial charge in [-0.3, -0.25) is 0 Å². The Morgan fingerprint density at radius 3 is 3.00 bits per heavy atom. The van der Waals surface area contributed by atoms with Crippen LogP contribution in [0, 0.1) is 0 Å². The predicted molar refractivity (Wildman–Crippen MR) is 60.3 cm³/mol. The van der Waals surface area contributed by atoms with Gasteiger partial charge in [0, 0.05) is 22.5 Å². The van der Waals surface area contributed by atoms with Gasteiger partial charge in [0.05, 0.1) is 0 Å². The van der Waals surface area contributed by atoms with Gasteiger partial charge < -0.3 is 5.32 Å². The Hall–Kier alpha value is -0.310. The minimum absolute atomic E-state index is 0.412. The Labute approximate surface area is 88.4 Å². The van der Waals surface area contributed by atoms with E-state index in [2.05, 4.69) is 36.3 Å². The first kappa shape index (κ1) is 10.8. The van der Waals surface area contributed by atoms with Crippen LogP contribution in [0.3, 0.4) is 0 Å². The minimum atomic E-state index is 0.412. The second kappa shape index (κ2) is 5.43. The second-order valence-electron chi connectivity index (χ2n) is 2.87. The van der Waals surface area contributed by atoms with E-state index in [9.17, 15) is 0 Å². The van der Waals surface area contributed by atoms with E-state index in [1.807, 2.05) is 0 Å². The van der Waals surface area contributed by atoms with Gasteiger partial charge in [-0.25, -0.2) is 0 Å². The van der Waals surface area contributed by atoms with Gasteiger partial charge in [0.1, 0.15) is 0 Å². The number of nitrogens with one attached hydrogen (secondary N) is 1. The van der Waals surface area contributed by atoms with Crippen LogP contribution in [0.25, 0.3) is 0 Å². The molecule has 13 heavy (non-hydrogen) atoms. The lowest BCUT2D eigenvalue weighted by Gasteiger charge is -2.14. The lowest BCUT2D eigenvalue weighted by molar-refractivity contribution is 0.558. The van der Waals surface area contributed by atoms with Crippen molar-refractivity contribution in [2.45, 2.75) is 19.4 Å². The van der Waals surface area contributed by atoms with Crippen LogP contribution in [-0.4, -0.2) is 6.54 Å². The summed E-state index contributed by atoms with van der Waals surface area (Å²) >= 11 is 7.46. The normalized spacial score (nSPS) is 12.8. The summed E-state index contributed by atoms with van der Waals surface area (Å²) in [6.45, 7) is 6.49. The van der Waals surface area contributed by atoms with Crippen LogP contribution in [0.15, 0.2) is 29.1 Å². The van der Waals surface area contributed by atoms with Crippen molar-refractivity contribution in [3.8, 4) is 0 Å². The molecular weight excluding hydrogens is 202 g/mol. The lowest BCUT2D eigenvalue weighted by atomic mass is 10.2. The van der Waals surface area contributed by atoms with Crippen molar-refractivity contribution in [3.63, 3.8) is 0 Å². The predicted octanol–water partition coefficient (Wildman–Crippen LogP) is 3.54. The molecule has 3 heteroatoms. The third-order valence-corrected chi connectivity index (χ3v) is 2.95. The van der Waals surface area contributed by atoms with Crippen molar-refractivity contribution in [3.05, 3.63) is 34.0 Å². The summed E-state index contributed by atoms with van der Waals surface area (Å²) in [7, 11) is 0. The molecule has 0 bridgehead atoms. The molecule has 0 aliphatic rings. The summed E-state index contributed by atoms with van der Waals surface area (Å²) < 4.78 is 0. The SMILES string of the molecule is C=C(Cl)CNC(CC)c1cccs1. The molecule has 1 N–H and O–H groups in total. The molecule has 1 unspecified atom stereocenters. The molecule has 1 atom stereocenters. The first-order chi connectivity index (χ1) is 6.24. The molecule has 0 saturated heterocycles. The molecule has 1 aromatic heterocycles. The fraction of sp³-hybridized carbons (Fsp3) is 0.400. The van der Waals surface area contributed by atoms with E-state index in [-0.39, 0.29) is 0 Å². The van der Waals surface area contributed by atoms with Crippen LogP contribution in [0.1, 0.15) is 24.3 Å². The van der Waals surface area contributed by atoms with E-state index < -0.39 is 0 Å². The third-order valence-electron chi connectivity index (χ3n) is 1.84. The van der Waals surface area contributed by atoms with E-state index in [0.717, 1.165) is 6.42 Å². The summed E-state index contributed by atoms with van der Waals surface area (Å²) in [5, 5.41) is 6.10. The molecule has 0 saturated carbocycles. The van der Waals surface area contributed by atoms with Crippen LogP contribution >= 0.6 is 22.9 Å². The molecule has 0 radical (unpaired) electrons. The van der Waals surface area contributed by atoms with E-state index >= 15 is 0 Å². The maximum Gasteiger partial charge on any atom is 0.0415 e. The molecule has 0 amide bonds. The summed E-state index contributed by atoms with van der Waals surface area (Å²) in [5.74, 6) is 0. The van der Waals surface area contributed by atoms with Gasteiger partial charge in [0.15, 0.2) is 0 Å². The molecule has 1 heterocycles. The summed E-state index contributed by atoms with van der Waals surface area (Å²) in [4.78, 5) is 1.36. The van der Waals surface area contributed by atoms with Gasteiger partial charge >= 0.3 is 0 Å². The number of hydrogen-bond donors (Lipinski definition) is 1. The minimum Gasteiger partial charge on any atom is -0.304 e. The summed E-state index contributed by atoms with van der Waals surface area (Å²) in [6.07, 6.45) is 1.07. The highest BCUT2D eigenvalue weighted by Gasteiger charge is 2.08. The van der Waals surface area contributed by atoms with Crippen LogP contribution < -0.4 is 5.32 Å². The Morgan fingerprint density at radius 1 is 1.77 bits per heavy atom. The fourth-order valence-electron chi connectivity index (χ4n) is 1.17. The Bertz CT molecular complexity index is 256. The Kier molecular flexibility index (Phi) is 4.50. The Balaban J connectivity index is 2.49.